The van der Waals surface area contributed by atoms with Gasteiger partial charge in [0.15, 0.2) is 5.78 Å². The van der Waals surface area contributed by atoms with Gasteiger partial charge in [0.2, 0.25) is 0 Å². The van der Waals surface area contributed by atoms with Crippen LogP contribution in [-0.2, 0) is 4.74 Å². The molecule has 0 amide bonds. The molecule has 0 spiro atoms. The first-order valence-corrected chi connectivity index (χ1v) is 6.28. The molecule has 19 heavy (non-hydrogen) atoms. The van der Waals surface area contributed by atoms with Crippen molar-refractivity contribution in [1.29, 1.82) is 0 Å². The highest BCUT2D eigenvalue weighted by atomic mass is 16.5. The van der Waals surface area contributed by atoms with Crippen molar-refractivity contribution >= 4 is 5.78 Å². The van der Waals surface area contributed by atoms with Crippen LogP contribution in [0.1, 0.15) is 23.7 Å². The molecule has 0 saturated carbocycles. The minimum atomic E-state index is -1.29. The van der Waals surface area contributed by atoms with Crippen molar-refractivity contribution in [3.8, 4) is 0 Å². The number of aliphatic hydroxyl groups is 3. The van der Waals surface area contributed by atoms with Gasteiger partial charge in [-0.3, -0.25) is 4.79 Å². The van der Waals surface area contributed by atoms with Gasteiger partial charge < -0.3 is 20.1 Å². The van der Waals surface area contributed by atoms with E-state index in [4.69, 9.17) is 4.74 Å². The normalized spacial score (nSPS) is 35.1. The van der Waals surface area contributed by atoms with Gasteiger partial charge in [-0.1, -0.05) is 30.3 Å². The highest BCUT2D eigenvalue weighted by Gasteiger charge is 2.42. The van der Waals surface area contributed by atoms with Crippen molar-refractivity contribution in [1.82, 2.24) is 0 Å². The quantitative estimate of drug-likeness (QED) is 0.677. The number of hydrogen-bond donors (Lipinski definition) is 3. The summed E-state index contributed by atoms with van der Waals surface area (Å²) >= 11 is 0. The van der Waals surface area contributed by atoms with Crippen molar-refractivity contribution in [3.05, 3.63) is 35.9 Å². The summed E-state index contributed by atoms with van der Waals surface area (Å²) in [5.41, 5.74) is 0.534. The Morgan fingerprint density at radius 3 is 2.37 bits per heavy atom. The van der Waals surface area contributed by atoms with Gasteiger partial charge in [0, 0.05) is 12.0 Å². The zero-order valence-electron chi connectivity index (χ0n) is 10.6. The maximum absolute atomic E-state index is 12.0. The number of carbonyl (C=O) groups is 1. The molecule has 3 N–H and O–H groups in total. The van der Waals surface area contributed by atoms with Gasteiger partial charge in [-0.15, -0.1) is 0 Å². The topological polar surface area (TPSA) is 87.0 Å². The summed E-state index contributed by atoms with van der Waals surface area (Å²) in [6.45, 7) is 1.60. The van der Waals surface area contributed by atoms with Crippen molar-refractivity contribution in [2.24, 2.45) is 0 Å². The van der Waals surface area contributed by atoms with E-state index in [2.05, 4.69) is 0 Å². The van der Waals surface area contributed by atoms with Gasteiger partial charge >= 0.3 is 0 Å². The van der Waals surface area contributed by atoms with Crippen LogP contribution in [0.25, 0.3) is 0 Å². The molecule has 1 aromatic carbocycles. The third kappa shape index (κ3) is 3.01. The number of benzene rings is 1. The maximum Gasteiger partial charge on any atom is 0.165 e. The van der Waals surface area contributed by atoms with E-state index in [1.165, 1.54) is 0 Å². The smallest absolute Gasteiger partial charge is 0.165 e. The third-order valence-corrected chi connectivity index (χ3v) is 3.43. The predicted molar refractivity (Wildman–Crippen MR) is 67.7 cm³/mol. The molecule has 104 valence electrons. The van der Waals surface area contributed by atoms with Crippen LogP contribution >= 0.6 is 0 Å². The Balaban J connectivity index is 2.05. The lowest BCUT2D eigenvalue weighted by Gasteiger charge is -2.39. The Kier molecular flexibility index (Phi) is 4.31. The SMILES string of the molecule is C[C@@H]1O[C@@H](CC(=O)c2ccccc2)[C@@H](O)[C@H](O)[C@@H]1O. The van der Waals surface area contributed by atoms with Crippen molar-refractivity contribution in [3.63, 3.8) is 0 Å². The highest BCUT2D eigenvalue weighted by molar-refractivity contribution is 5.96. The van der Waals surface area contributed by atoms with E-state index >= 15 is 0 Å². The number of carbonyl (C=O) groups excluding carboxylic acids is 1. The average molecular weight is 266 g/mol. The molecule has 0 unspecified atom stereocenters. The molecule has 1 fully saturated rings. The molecule has 1 aliphatic rings. The Hall–Kier alpha value is -1.27. The molecule has 0 bridgehead atoms. The summed E-state index contributed by atoms with van der Waals surface area (Å²) in [5.74, 6) is -0.166. The van der Waals surface area contributed by atoms with Crippen LogP contribution in [0.4, 0.5) is 0 Å². The number of Topliss-reactive ketones (excluding diaryl/α,β-unsaturated/α-hetero) is 1. The molecule has 5 heteroatoms. The molecule has 0 radical (unpaired) electrons. The zero-order chi connectivity index (χ0) is 14.0. The Labute approximate surface area is 111 Å². The van der Waals surface area contributed by atoms with Crippen LogP contribution in [0, 0.1) is 0 Å². The van der Waals surface area contributed by atoms with Crippen LogP contribution in [0.2, 0.25) is 0 Å². The van der Waals surface area contributed by atoms with E-state index in [0.717, 1.165) is 0 Å². The van der Waals surface area contributed by atoms with E-state index in [1.807, 2.05) is 6.07 Å². The van der Waals surface area contributed by atoms with Gasteiger partial charge in [0.1, 0.15) is 18.3 Å². The van der Waals surface area contributed by atoms with Crippen LogP contribution in [0.15, 0.2) is 30.3 Å². The van der Waals surface area contributed by atoms with Crippen LogP contribution < -0.4 is 0 Å². The fourth-order valence-corrected chi connectivity index (χ4v) is 2.23. The summed E-state index contributed by atoms with van der Waals surface area (Å²) in [7, 11) is 0. The Morgan fingerprint density at radius 1 is 1.11 bits per heavy atom. The Bertz CT molecular complexity index is 433. The van der Waals surface area contributed by atoms with Gasteiger partial charge in [0.05, 0.1) is 12.2 Å². The van der Waals surface area contributed by atoms with E-state index in [0.29, 0.717) is 5.56 Å². The summed E-state index contributed by atoms with van der Waals surface area (Å²) in [4.78, 5) is 12.0. The van der Waals surface area contributed by atoms with Gasteiger partial charge in [-0.2, -0.15) is 0 Å². The minimum Gasteiger partial charge on any atom is -0.388 e. The number of rotatable bonds is 3. The molecule has 5 nitrogen and oxygen atoms in total. The van der Waals surface area contributed by atoms with Crippen molar-refractivity contribution < 1.29 is 24.9 Å². The molecule has 1 aromatic rings. The van der Waals surface area contributed by atoms with Crippen LogP contribution in [0.5, 0.6) is 0 Å². The second kappa shape index (κ2) is 5.79. The van der Waals surface area contributed by atoms with Gasteiger partial charge in [-0.05, 0) is 6.92 Å². The molecule has 5 atom stereocenters. The van der Waals surface area contributed by atoms with Gasteiger partial charge in [-0.25, -0.2) is 0 Å². The number of hydrogen-bond acceptors (Lipinski definition) is 5. The van der Waals surface area contributed by atoms with Gasteiger partial charge in [0.25, 0.3) is 0 Å². The summed E-state index contributed by atoms with van der Waals surface area (Å²) in [6, 6.07) is 8.70. The lowest BCUT2D eigenvalue weighted by atomic mass is 9.92. The maximum atomic E-state index is 12.0. The fourth-order valence-electron chi connectivity index (χ4n) is 2.23. The molecule has 1 saturated heterocycles. The van der Waals surface area contributed by atoms with Crippen LogP contribution in [-0.4, -0.2) is 51.6 Å². The molecule has 1 aliphatic heterocycles. The first-order chi connectivity index (χ1) is 9.00. The first-order valence-electron chi connectivity index (χ1n) is 6.28. The van der Waals surface area contributed by atoms with E-state index in [9.17, 15) is 20.1 Å². The van der Waals surface area contributed by atoms with Crippen molar-refractivity contribution in [2.75, 3.05) is 0 Å². The molecule has 0 aromatic heterocycles. The second-order valence-electron chi connectivity index (χ2n) is 4.84. The van der Waals surface area contributed by atoms with Crippen molar-refractivity contribution in [2.45, 2.75) is 43.9 Å². The number of ether oxygens (including phenoxy) is 1. The molecule has 1 heterocycles. The lowest BCUT2D eigenvalue weighted by Crippen LogP contribution is -2.56. The molecular formula is C14H18O5. The first kappa shape index (κ1) is 14.1. The second-order valence-corrected chi connectivity index (χ2v) is 4.84. The average Bonchev–Trinajstić information content (AvgIpc) is 2.43. The third-order valence-electron chi connectivity index (χ3n) is 3.43. The lowest BCUT2D eigenvalue weighted by molar-refractivity contribution is -0.215. The molecular weight excluding hydrogens is 248 g/mol. The van der Waals surface area contributed by atoms with E-state index < -0.39 is 30.5 Å². The predicted octanol–water partition coefficient (Wildman–Crippen LogP) is 0.129. The fraction of sp³-hybridized carbons (Fsp3) is 0.500. The number of ketones is 1. The summed E-state index contributed by atoms with van der Waals surface area (Å²) in [5, 5.41) is 29.1. The van der Waals surface area contributed by atoms with E-state index in [-0.39, 0.29) is 12.2 Å². The summed E-state index contributed by atoms with van der Waals surface area (Å²) in [6.07, 6.45) is -5.15. The summed E-state index contributed by atoms with van der Waals surface area (Å²) < 4.78 is 5.39. The highest BCUT2D eigenvalue weighted by Crippen LogP contribution is 2.24. The Morgan fingerprint density at radius 2 is 1.74 bits per heavy atom. The standard InChI is InChI=1S/C14H18O5/c1-8-12(16)14(18)13(17)11(19-8)7-10(15)9-5-3-2-4-6-9/h2-6,8,11-14,16-18H,7H2,1H3/t8-,11-,12+,13+,14+/m0/s1. The molecule has 0 aliphatic carbocycles. The largest absolute Gasteiger partial charge is 0.388 e. The molecule has 2 rings (SSSR count). The van der Waals surface area contributed by atoms with E-state index in [1.54, 1.807) is 31.2 Å². The van der Waals surface area contributed by atoms with Crippen LogP contribution in [0.3, 0.4) is 0 Å². The monoisotopic (exact) mass is 266 g/mol. The number of aliphatic hydroxyl groups excluding tert-OH is 3. The zero-order valence-corrected chi connectivity index (χ0v) is 10.6. The minimum absolute atomic E-state index is 0.0285.